The van der Waals surface area contributed by atoms with Crippen molar-refractivity contribution in [3.63, 3.8) is 0 Å². The van der Waals surface area contributed by atoms with Crippen LogP contribution in [0.1, 0.15) is 12.5 Å². The fourth-order valence-electron chi connectivity index (χ4n) is 3.15. The van der Waals surface area contributed by atoms with Crippen molar-refractivity contribution in [2.75, 3.05) is 27.2 Å². The third-order valence-corrected chi connectivity index (χ3v) is 4.16. The van der Waals surface area contributed by atoms with Crippen LogP contribution in [0, 0.1) is 0 Å². The molecule has 1 aromatic heterocycles. The van der Waals surface area contributed by atoms with Gasteiger partial charge in [0, 0.05) is 25.3 Å². The molecule has 132 valence electrons. The minimum absolute atomic E-state index is 0.555. The van der Waals surface area contributed by atoms with E-state index in [-0.39, 0.29) is 0 Å². The minimum atomic E-state index is -0.737. The Bertz CT molecular complexity index is 821. The summed E-state index contributed by atoms with van der Waals surface area (Å²) in [6, 6.07) is 16.5. The molecule has 0 aliphatic rings. The minimum Gasteiger partial charge on any atom is -0.388 e. The molecule has 0 spiro atoms. The Morgan fingerprint density at radius 3 is 2.56 bits per heavy atom. The van der Waals surface area contributed by atoms with Crippen LogP contribution in [0.3, 0.4) is 0 Å². The lowest BCUT2D eigenvalue weighted by Gasteiger charge is -2.27. The zero-order valence-electron chi connectivity index (χ0n) is 15.1. The number of likely N-dealkylation sites (N-methyl/N-ethyl adjacent to an activating group) is 1. The topological polar surface area (TPSA) is 53.3 Å². The average molecular weight is 338 g/mol. The van der Waals surface area contributed by atoms with Gasteiger partial charge in [-0.15, -0.1) is 0 Å². The summed E-state index contributed by atoms with van der Waals surface area (Å²) >= 11 is 0. The van der Waals surface area contributed by atoms with Gasteiger partial charge in [-0.2, -0.15) is 0 Å². The molecule has 5 heteroatoms. The van der Waals surface area contributed by atoms with Crippen LogP contribution in [-0.2, 0) is 6.54 Å². The summed E-state index contributed by atoms with van der Waals surface area (Å²) in [4.78, 5) is 6.43. The molecule has 2 N–H and O–H groups in total. The lowest BCUT2D eigenvalue weighted by atomic mass is 10.1. The lowest BCUT2D eigenvalue weighted by Crippen LogP contribution is -2.45. The number of hydrogen-bond donors (Lipinski definition) is 2. The maximum absolute atomic E-state index is 10.3. The van der Waals surface area contributed by atoms with Crippen LogP contribution in [0.15, 0.2) is 54.9 Å². The maximum Gasteiger partial charge on any atom is 0.100 e. The number of hydrogen-bond acceptors (Lipinski definition) is 4. The SMILES string of the molecule is CN(C)CC(C)(O)CNCc1ccc(-n2cnc3ccccc32)cc1. The lowest BCUT2D eigenvalue weighted by molar-refractivity contribution is 0.0336. The second kappa shape index (κ2) is 7.35. The van der Waals surface area contributed by atoms with Crippen molar-refractivity contribution in [3.05, 3.63) is 60.4 Å². The van der Waals surface area contributed by atoms with Crippen LogP contribution in [-0.4, -0.2) is 52.3 Å². The van der Waals surface area contributed by atoms with E-state index in [2.05, 4.69) is 45.2 Å². The summed E-state index contributed by atoms with van der Waals surface area (Å²) in [5.74, 6) is 0. The van der Waals surface area contributed by atoms with Crippen LogP contribution in [0.5, 0.6) is 0 Å². The normalized spacial score (nSPS) is 14.1. The predicted molar refractivity (Wildman–Crippen MR) is 102 cm³/mol. The van der Waals surface area contributed by atoms with Gasteiger partial charge >= 0.3 is 0 Å². The van der Waals surface area contributed by atoms with E-state index in [1.165, 1.54) is 5.56 Å². The second-order valence-electron chi connectivity index (χ2n) is 7.11. The van der Waals surface area contributed by atoms with Gasteiger partial charge in [0.1, 0.15) is 6.33 Å². The Morgan fingerprint density at radius 1 is 1.12 bits per heavy atom. The van der Waals surface area contributed by atoms with Gasteiger partial charge in [-0.1, -0.05) is 24.3 Å². The predicted octanol–water partition coefficient (Wildman–Crippen LogP) is 2.43. The summed E-state index contributed by atoms with van der Waals surface area (Å²) < 4.78 is 2.09. The van der Waals surface area contributed by atoms with Crippen LogP contribution >= 0.6 is 0 Å². The Balaban J connectivity index is 1.63. The molecular weight excluding hydrogens is 312 g/mol. The smallest absolute Gasteiger partial charge is 0.100 e. The first-order valence-corrected chi connectivity index (χ1v) is 8.54. The van der Waals surface area contributed by atoms with E-state index in [0.717, 1.165) is 23.3 Å². The quantitative estimate of drug-likeness (QED) is 0.695. The highest BCUT2D eigenvalue weighted by Crippen LogP contribution is 2.18. The molecule has 0 aliphatic carbocycles. The number of nitrogens with zero attached hydrogens (tertiary/aromatic N) is 3. The van der Waals surface area contributed by atoms with Crippen molar-refractivity contribution in [1.29, 1.82) is 0 Å². The summed E-state index contributed by atoms with van der Waals surface area (Å²) in [6.45, 7) is 3.77. The first kappa shape index (κ1) is 17.6. The number of rotatable bonds is 7. The molecule has 1 unspecified atom stereocenters. The van der Waals surface area contributed by atoms with Crippen molar-refractivity contribution in [1.82, 2.24) is 19.8 Å². The van der Waals surface area contributed by atoms with E-state index in [4.69, 9.17) is 0 Å². The van der Waals surface area contributed by atoms with E-state index in [9.17, 15) is 5.11 Å². The average Bonchev–Trinajstić information content (AvgIpc) is 2.98. The molecule has 0 radical (unpaired) electrons. The molecule has 3 rings (SSSR count). The highest BCUT2D eigenvalue weighted by atomic mass is 16.3. The molecule has 5 nitrogen and oxygen atoms in total. The van der Waals surface area contributed by atoms with Crippen molar-refractivity contribution in [2.24, 2.45) is 0 Å². The van der Waals surface area contributed by atoms with Gasteiger partial charge < -0.3 is 15.3 Å². The molecule has 0 bridgehead atoms. The van der Waals surface area contributed by atoms with E-state index >= 15 is 0 Å². The van der Waals surface area contributed by atoms with E-state index < -0.39 is 5.60 Å². The number of imidazole rings is 1. The van der Waals surface area contributed by atoms with Crippen LogP contribution in [0.2, 0.25) is 0 Å². The summed E-state index contributed by atoms with van der Waals surface area (Å²) in [5, 5.41) is 13.7. The van der Waals surface area contributed by atoms with Gasteiger partial charge in [-0.3, -0.25) is 4.57 Å². The van der Waals surface area contributed by atoms with Gasteiger partial charge in [-0.25, -0.2) is 4.98 Å². The zero-order chi connectivity index (χ0) is 17.9. The third kappa shape index (κ3) is 4.45. The summed E-state index contributed by atoms with van der Waals surface area (Å²) in [6.07, 6.45) is 1.86. The van der Waals surface area contributed by atoms with Gasteiger partial charge in [0.2, 0.25) is 0 Å². The number of aromatic nitrogens is 2. The molecule has 3 aromatic rings. The van der Waals surface area contributed by atoms with Crippen LogP contribution < -0.4 is 5.32 Å². The number of aliphatic hydroxyl groups is 1. The number of benzene rings is 2. The van der Waals surface area contributed by atoms with Gasteiger partial charge in [0.05, 0.1) is 16.6 Å². The standard InChI is InChI=1S/C20H26N4O/c1-20(25,14-23(2)3)13-21-12-16-8-10-17(11-9-16)24-15-22-18-6-4-5-7-19(18)24/h4-11,15,21,25H,12-14H2,1-3H3. The molecule has 1 atom stereocenters. The van der Waals surface area contributed by atoms with E-state index in [1.807, 2.05) is 50.4 Å². The molecule has 0 fully saturated rings. The molecule has 0 aliphatic heterocycles. The van der Waals surface area contributed by atoms with Crippen molar-refractivity contribution in [3.8, 4) is 5.69 Å². The molecule has 0 saturated heterocycles. The van der Waals surface area contributed by atoms with E-state index in [1.54, 1.807) is 0 Å². The Labute approximate surface area is 148 Å². The molecule has 25 heavy (non-hydrogen) atoms. The Hall–Kier alpha value is -2.21. The molecular formula is C20H26N4O. The zero-order valence-corrected chi connectivity index (χ0v) is 15.1. The first-order valence-electron chi connectivity index (χ1n) is 8.54. The van der Waals surface area contributed by atoms with Gasteiger partial charge in [-0.05, 0) is 50.8 Å². The summed E-state index contributed by atoms with van der Waals surface area (Å²) in [5.41, 5.74) is 3.65. The fourth-order valence-corrected chi connectivity index (χ4v) is 3.15. The molecule has 1 heterocycles. The van der Waals surface area contributed by atoms with Crippen molar-refractivity contribution in [2.45, 2.75) is 19.1 Å². The maximum atomic E-state index is 10.3. The van der Waals surface area contributed by atoms with Gasteiger partial charge in [0.25, 0.3) is 0 Å². The number of para-hydroxylation sites is 2. The Kier molecular flexibility index (Phi) is 5.18. The monoisotopic (exact) mass is 338 g/mol. The van der Waals surface area contributed by atoms with Gasteiger partial charge in [0.15, 0.2) is 0 Å². The second-order valence-corrected chi connectivity index (χ2v) is 7.11. The number of nitrogens with one attached hydrogen (secondary N) is 1. The van der Waals surface area contributed by atoms with Crippen molar-refractivity contribution >= 4 is 11.0 Å². The first-order chi connectivity index (χ1) is 11.9. The van der Waals surface area contributed by atoms with E-state index in [0.29, 0.717) is 13.1 Å². The molecule has 0 saturated carbocycles. The number of fused-ring (bicyclic) bond motifs is 1. The highest BCUT2D eigenvalue weighted by Gasteiger charge is 2.20. The highest BCUT2D eigenvalue weighted by molar-refractivity contribution is 5.77. The molecule has 0 amide bonds. The van der Waals surface area contributed by atoms with Crippen molar-refractivity contribution < 1.29 is 5.11 Å². The molecule has 2 aromatic carbocycles. The third-order valence-electron chi connectivity index (χ3n) is 4.16. The van der Waals surface area contributed by atoms with Crippen LogP contribution in [0.4, 0.5) is 0 Å². The Morgan fingerprint density at radius 2 is 1.84 bits per heavy atom. The summed E-state index contributed by atoms with van der Waals surface area (Å²) in [7, 11) is 3.93. The van der Waals surface area contributed by atoms with Crippen LogP contribution in [0.25, 0.3) is 16.7 Å². The fraction of sp³-hybridized carbons (Fsp3) is 0.350. The largest absolute Gasteiger partial charge is 0.388 e.